The summed E-state index contributed by atoms with van der Waals surface area (Å²) in [5, 5.41) is 13.6. The number of hydrogen-bond acceptors (Lipinski definition) is 6. The summed E-state index contributed by atoms with van der Waals surface area (Å²) in [5.41, 5.74) is 2.46. The van der Waals surface area contributed by atoms with Crippen LogP contribution >= 0.6 is 0 Å². The first-order valence-electron chi connectivity index (χ1n) is 9.85. The van der Waals surface area contributed by atoms with Gasteiger partial charge in [0.1, 0.15) is 5.75 Å². The van der Waals surface area contributed by atoms with Gasteiger partial charge in [-0.1, -0.05) is 24.3 Å². The third kappa shape index (κ3) is 5.86. The Morgan fingerprint density at radius 2 is 1.79 bits per heavy atom. The fraction of sp³-hybridized carbons (Fsp3) is 0.174. The molecule has 0 spiro atoms. The molecule has 1 amide bonds. The van der Waals surface area contributed by atoms with E-state index in [0.717, 1.165) is 11.8 Å². The quantitative estimate of drug-likeness (QED) is 0.391. The molecular formula is C23H23N3O6S. The highest BCUT2D eigenvalue weighted by molar-refractivity contribution is 7.92. The van der Waals surface area contributed by atoms with Crippen molar-refractivity contribution in [2.45, 2.75) is 13.5 Å². The maximum absolute atomic E-state index is 12.7. The van der Waals surface area contributed by atoms with Gasteiger partial charge in [-0.2, -0.15) is 0 Å². The number of methoxy groups -OCH3 is 1. The number of carbonyl (C=O) groups is 1. The van der Waals surface area contributed by atoms with Gasteiger partial charge in [0.25, 0.3) is 11.6 Å². The van der Waals surface area contributed by atoms with Crippen molar-refractivity contribution in [3.05, 3.63) is 93.5 Å². The number of rotatable bonds is 8. The first-order valence-corrected chi connectivity index (χ1v) is 11.7. The van der Waals surface area contributed by atoms with Crippen LogP contribution in [0.4, 0.5) is 17.1 Å². The average Bonchev–Trinajstić information content (AvgIpc) is 2.77. The number of nitrogens with one attached hydrogen (secondary N) is 1. The Balaban J connectivity index is 1.80. The van der Waals surface area contributed by atoms with Gasteiger partial charge in [0.05, 0.1) is 36.2 Å². The van der Waals surface area contributed by atoms with Gasteiger partial charge in [-0.05, 0) is 48.4 Å². The lowest BCUT2D eigenvalue weighted by atomic mass is 10.1. The number of nitro benzene ring substituents is 1. The van der Waals surface area contributed by atoms with E-state index >= 15 is 0 Å². The molecule has 9 nitrogen and oxygen atoms in total. The lowest BCUT2D eigenvalue weighted by molar-refractivity contribution is -0.384. The van der Waals surface area contributed by atoms with Crippen molar-refractivity contribution in [1.82, 2.24) is 0 Å². The lowest BCUT2D eigenvalue weighted by Gasteiger charge is -2.23. The summed E-state index contributed by atoms with van der Waals surface area (Å²) in [4.78, 5) is 23.1. The van der Waals surface area contributed by atoms with E-state index in [1.165, 1.54) is 29.6 Å². The lowest BCUT2D eigenvalue weighted by Crippen LogP contribution is -2.29. The number of hydrogen-bond donors (Lipinski definition) is 1. The van der Waals surface area contributed by atoms with Gasteiger partial charge in [-0.25, -0.2) is 8.42 Å². The Morgan fingerprint density at radius 1 is 1.09 bits per heavy atom. The maximum Gasteiger partial charge on any atom is 0.271 e. The fourth-order valence-corrected chi connectivity index (χ4v) is 4.09. The van der Waals surface area contributed by atoms with E-state index in [4.69, 9.17) is 4.74 Å². The number of nitro groups is 1. The highest BCUT2D eigenvalue weighted by atomic mass is 32.2. The molecule has 0 aliphatic heterocycles. The van der Waals surface area contributed by atoms with Crippen LogP contribution in [-0.4, -0.2) is 32.6 Å². The minimum absolute atomic E-state index is 0.100. The van der Waals surface area contributed by atoms with E-state index in [0.29, 0.717) is 16.8 Å². The van der Waals surface area contributed by atoms with Crippen molar-refractivity contribution in [2.75, 3.05) is 23.0 Å². The molecule has 0 heterocycles. The molecule has 0 atom stereocenters. The standard InChI is InChI=1S/C23H23N3O6S/c1-16-5-4-6-19(13-16)25(33(3,30)31)15-17-7-9-18(10-8-17)23(27)24-21-14-20(26(28)29)11-12-22(21)32-2/h4-14H,15H2,1-3H3,(H,24,27). The van der Waals surface area contributed by atoms with E-state index in [2.05, 4.69) is 5.32 Å². The van der Waals surface area contributed by atoms with Crippen LogP contribution < -0.4 is 14.4 Å². The predicted molar refractivity (Wildman–Crippen MR) is 126 cm³/mol. The van der Waals surface area contributed by atoms with Crippen molar-refractivity contribution in [3.63, 3.8) is 0 Å². The van der Waals surface area contributed by atoms with Crippen LogP contribution in [0.1, 0.15) is 21.5 Å². The SMILES string of the molecule is COc1ccc([N+](=O)[O-])cc1NC(=O)c1ccc(CN(c2cccc(C)c2)S(C)(=O)=O)cc1. The molecule has 0 saturated carbocycles. The van der Waals surface area contributed by atoms with E-state index in [9.17, 15) is 23.3 Å². The van der Waals surface area contributed by atoms with Crippen LogP contribution in [0.25, 0.3) is 0 Å². The average molecular weight is 470 g/mol. The zero-order valence-electron chi connectivity index (χ0n) is 18.3. The topological polar surface area (TPSA) is 119 Å². The summed E-state index contributed by atoms with van der Waals surface area (Å²) in [7, 11) is -2.14. The Labute approximate surface area is 191 Å². The van der Waals surface area contributed by atoms with Gasteiger partial charge in [-0.15, -0.1) is 0 Å². The molecule has 0 aromatic heterocycles. The molecular weight excluding hydrogens is 446 g/mol. The Hall–Kier alpha value is -3.92. The van der Waals surface area contributed by atoms with Crippen molar-refractivity contribution >= 4 is 33.0 Å². The van der Waals surface area contributed by atoms with Crippen LogP contribution in [0.5, 0.6) is 5.75 Å². The van der Waals surface area contributed by atoms with E-state index in [1.54, 1.807) is 42.5 Å². The van der Waals surface area contributed by atoms with Gasteiger partial charge >= 0.3 is 0 Å². The van der Waals surface area contributed by atoms with Crippen LogP contribution in [0, 0.1) is 17.0 Å². The highest BCUT2D eigenvalue weighted by Gasteiger charge is 2.19. The van der Waals surface area contributed by atoms with Crippen LogP contribution in [-0.2, 0) is 16.6 Å². The summed E-state index contributed by atoms with van der Waals surface area (Å²) in [6.07, 6.45) is 1.14. The molecule has 3 aromatic carbocycles. The smallest absolute Gasteiger partial charge is 0.271 e. The second-order valence-corrected chi connectivity index (χ2v) is 9.31. The molecule has 172 valence electrons. The zero-order valence-corrected chi connectivity index (χ0v) is 19.1. The molecule has 0 bridgehead atoms. The van der Waals surface area contributed by atoms with E-state index < -0.39 is 20.9 Å². The van der Waals surface area contributed by atoms with E-state index in [-0.39, 0.29) is 23.7 Å². The second-order valence-electron chi connectivity index (χ2n) is 7.40. The van der Waals surface area contributed by atoms with Crippen molar-refractivity contribution in [2.24, 2.45) is 0 Å². The first kappa shape index (κ1) is 23.7. The molecule has 1 N–H and O–H groups in total. The van der Waals surface area contributed by atoms with Gasteiger partial charge in [0.2, 0.25) is 10.0 Å². The molecule has 33 heavy (non-hydrogen) atoms. The number of ether oxygens (including phenoxy) is 1. The fourth-order valence-electron chi connectivity index (χ4n) is 3.21. The normalized spacial score (nSPS) is 11.0. The summed E-state index contributed by atoms with van der Waals surface area (Å²) < 4.78 is 31.2. The van der Waals surface area contributed by atoms with Crippen LogP contribution in [0.15, 0.2) is 66.7 Å². The van der Waals surface area contributed by atoms with Crippen LogP contribution in [0.2, 0.25) is 0 Å². The summed E-state index contributed by atoms with van der Waals surface area (Å²) in [6, 6.07) is 17.5. The third-order valence-electron chi connectivity index (χ3n) is 4.87. The number of anilines is 2. The number of benzene rings is 3. The Kier molecular flexibility index (Phi) is 6.98. The molecule has 0 fully saturated rings. The molecule has 10 heteroatoms. The molecule has 3 aromatic rings. The highest BCUT2D eigenvalue weighted by Crippen LogP contribution is 2.29. The number of amides is 1. The molecule has 0 aliphatic rings. The summed E-state index contributed by atoms with van der Waals surface area (Å²) in [5.74, 6) is -0.202. The van der Waals surface area contributed by atoms with Crippen LogP contribution in [0.3, 0.4) is 0 Å². The number of aryl methyl sites for hydroxylation is 1. The number of non-ortho nitro benzene ring substituents is 1. The minimum Gasteiger partial charge on any atom is -0.495 e. The molecule has 0 aliphatic carbocycles. The first-order chi connectivity index (χ1) is 15.6. The summed E-state index contributed by atoms with van der Waals surface area (Å²) in [6.45, 7) is 1.98. The number of nitrogens with zero attached hydrogens (tertiary/aromatic N) is 2. The Morgan fingerprint density at radius 3 is 2.36 bits per heavy atom. The number of sulfonamides is 1. The Bertz CT molecular complexity index is 1290. The zero-order chi connectivity index (χ0) is 24.2. The predicted octanol–water partition coefficient (Wildman–Crippen LogP) is 4.13. The van der Waals surface area contributed by atoms with Gasteiger partial charge in [0.15, 0.2) is 0 Å². The minimum atomic E-state index is -3.53. The van der Waals surface area contributed by atoms with Crippen molar-refractivity contribution in [1.29, 1.82) is 0 Å². The van der Waals surface area contributed by atoms with Crippen molar-refractivity contribution in [3.8, 4) is 5.75 Å². The maximum atomic E-state index is 12.7. The summed E-state index contributed by atoms with van der Waals surface area (Å²) >= 11 is 0. The van der Waals surface area contributed by atoms with E-state index in [1.807, 2.05) is 13.0 Å². The van der Waals surface area contributed by atoms with Gasteiger partial charge < -0.3 is 10.1 Å². The molecule has 0 radical (unpaired) electrons. The third-order valence-corrected chi connectivity index (χ3v) is 6.01. The molecule has 0 saturated heterocycles. The van der Waals surface area contributed by atoms with Crippen molar-refractivity contribution < 1.29 is 22.9 Å². The molecule has 3 rings (SSSR count). The number of carbonyl (C=O) groups excluding carboxylic acids is 1. The van der Waals surface area contributed by atoms with Gasteiger partial charge in [-0.3, -0.25) is 19.2 Å². The van der Waals surface area contributed by atoms with Gasteiger partial charge in [0, 0.05) is 17.7 Å². The second kappa shape index (κ2) is 9.70. The largest absolute Gasteiger partial charge is 0.495 e. The molecule has 0 unspecified atom stereocenters. The monoisotopic (exact) mass is 469 g/mol.